The summed E-state index contributed by atoms with van der Waals surface area (Å²) in [5.41, 5.74) is 1.84. The van der Waals surface area contributed by atoms with Crippen molar-refractivity contribution in [1.29, 1.82) is 0 Å². The van der Waals surface area contributed by atoms with Crippen LogP contribution in [0, 0.1) is 5.82 Å². The molecule has 1 heterocycles. The summed E-state index contributed by atoms with van der Waals surface area (Å²) in [6.45, 7) is 0.0810. The van der Waals surface area contributed by atoms with Crippen LogP contribution in [0.1, 0.15) is 5.56 Å². The summed E-state index contributed by atoms with van der Waals surface area (Å²) >= 11 is 0. The van der Waals surface area contributed by atoms with E-state index in [4.69, 9.17) is 4.74 Å². The molecule has 0 amide bonds. The first-order chi connectivity index (χ1) is 8.70. The first kappa shape index (κ1) is 12.2. The van der Waals surface area contributed by atoms with E-state index in [1.165, 1.54) is 13.2 Å². The molecule has 94 valence electrons. The minimum Gasteiger partial charge on any atom is -0.438 e. The predicted molar refractivity (Wildman–Crippen MR) is 63.4 cm³/mol. The lowest BCUT2D eigenvalue weighted by Gasteiger charge is -2.00. The first-order valence-corrected chi connectivity index (χ1v) is 5.33. The molecule has 0 saturated heterocycles. The summed E-state index contributed by atoms with van der Waals surface area (Å²) in [7, 11) is 1.24. The summed E-state index contributed by atoms with van der Waals surface area (Å²) < 4.78 is 22.7. The van der Waals surface area contributed by atoms with Gasteiger partial charge in [-0.15, -0.1) is 0 Å². The van der Waals surface area contributed by atoms with E-state index < -0.39 is 6.16 Å². The molecule has 0 fully saturated rings. The monoisotopic (exact) mass is 249 g/mol. The van der Waals surface area contributed by atoms with Gasteiger partial charge in [-0.25, -0.2) is 9.18 Å². The number of aromatic nitrogens is 1. The number of methoxy groups -OCH3 is 1. The van der Waals surface area contributed by atoms with Crippen LogP contribution in [0.4, 0.5) is 9.18 Å². The predicted octanol–water partition coefficient (Wildman–Crippen LogP) is 3.10. The van der Waals surface area contributed by atoms with Gasteiger partial charge < -0.3 is 14.5 Å². The van der Waals surface area contributed by atoms with E-state index in [-0.39, 0.29) is 12.4 Å². The summed E-state index contributed by atoms with van der Waals surface area (Å²) in [5, 5.41) is 0. The molecule has 0 aliphatic heterocycles. The van der Waals surface area contributed by atoms with E-state index in [9.17, 15) is 9.18 Å². The number of rotatable bonds is 3. The number of H-pyrrole nitrogens is 1. The molecular weight excluding hydrogens is 237 g/mol. The smallest absolute Gasteiger partial charge is 0.438 e. The van der Waals surface area contributed by atoms with Crippen molar-refractivity contribution >= 4 is 6.16 Å². The lowest BCUT2D eigenvalue weighted by atomic mass is 10.1. The van der Waals surface area contributed by atoms with Crippen LogP contribution in [0.15, 0.2) is 36.5 Å². The quantitative estimate of drug-likeness (QED) is 0.850. The number of carbonyl (C=O) groups excluding carboxylic acids is 1. The molecule has 1 aromatic carbocycles. The Labute approximate surface area is 103 Å². The topological polar surface area (TPSA) is 51.3 Å². The van der Waals surface area contributed by atoms with Gasteiger partial charge in [0, 0.05) is 23.0 Å². The fraction of sp³-hybridized carbons (Fsp3) is 0.154. The Morgan fingerprint density at radius 1 is 1.39 bits per heavy atom. The highest BCUT2D eigenvalue weighted by atomic mass is 19.1. The third kappa shape index (κ3) is 2.68. The van der Waals surface area contributed by atoms with Gasteiger partial charge in [0.2, 0.25) is 0 Å². The molecule has 1 aromatic heterocycles. The zero-order valence-corrected chi connectivity index (χ0v) is 9.77. The molecule has 0 saturated carbocycles. The van der Waals surface area contributed by atoms with Crippen LogP contribution in [0.5, 0.6) is 0 Å². The number of aromatic amines is 1. The second-order valence-electron chi connectivity index (χ2n) is 3.64. The summed E-state index contributed by atoms with van der Waals surface area (Å²) in [5.74, 6) is -0.306. The number of hydrogen-bond acceptors (Lipinski definition) is 3. The second-order valence-corrected chi connectivity index (χ2v) is 3.64. The van der Waals surface area contributed by atoms with Crippen LogP contribution < -0.4 is 0 Å². The molecule has 0 unspecified atom stereocenters. The highest BCUT2D eigenvalue weighted by Gasteiger charge is 2.08. The van der Waals surface area contributed by atoms with E-state index in [0.29, 0.717) is 11.3 Å². The number of ether oxygens (including phenoxy) is 2. The van der Waals surface area contributed by atoms with Crippen LogP contribution >= 0.6 is 0 Å². The minimum absolute atomic E-state index is 0.0810. The minimum atomic E-state index is -0.747. The maximum Gasteiger partial charge on any atom is 0.508 e. The van der Waals surface area contributed by atoms with Gasteiger partial charge in [0.05, 0.1) is 7.11 Å². The standard InChI is InChI=1S/C13H12FNO3/c1-17-13(16)18-8-9-6-12(15-7-9)10-4-2-3-5-11(10)14/h2-7,15H,8H2,1H3. The zero-order valence-electron chi connectivity index (χ0n) is 9.77. The van der Waals surface area contributed by atoms with Crippen LogP contribution in [0.2, 0.25) is 0 Å². The van der Waals surface area contributed by atoms with Crippen molar-refractivity contribution in [2.75, 3.05) is 7.11 Å². The summed E-state index contributed by atoms with van der Waals surface area (Å²) in [6.07, 6.45) is 0.911. The van der Waals surface area contributed by atoms with E-state index in [2.05, 4.69) is 9.72 Å². The van der Waals surface area contributed by atoms with Gasteiger partial charge in [0.15, 0.2) is 0 Å². The zero-order chi connectivity index (χ0) is 13.0. The van der Waals surface area contributed by atoms with Gasteiger partial charge in [0.1, 0.15) is 12.4 Å². The average molecular weight is 249 g/mol. The molecule has 0 spiro atoms. The SMILES string of the molecule is COC(=O)OCc1c[nH]c(-c2ccccc2F)c1. The van der Waals surface area contributed by atoms with Crippen LogP contribution in [-0.2, 0) is 16.1 Å². The number of halogens is 1. The Morgan fingerprint density at radius 3 is 2.89 bits per heavy atom. The third-order valence-electron chi connectivity index (χ3n) is 2.43. The van der Waals surface area contributed by atoms with Crippen molar-refractivity contribution in [2.24, 2.45) is 0 Å². The van der Waals surface area contributed by atoms with Crippen LogP contribution in [0.25, 0.3) is 11.3 Å². The maximum atomic E-state index is 13.5. The van der Waals surface area contributed by atoms with Gasteiger partial charge >= 0.3 is 6.16 Å². The first-order valence-electron chi connectivity index (χ1n) is 5.33. The Morgan fingerprint density at radius 2 is 2.17 bits per heavy atom. The largest absolute Gasteiger partial charge is 0.508 e. The second kappa shape index (κ2) is 5.35. The summed E-state index contributed by atoms with van der Waals surface area (Å²) in [6, 6.07) is 8.17. The lowest BCUT2D eigenvalue weighted by molar-refractivity contribution is 0.0669. The molecule has 4 nitrogen and oxygen atoms in total. The fourth-order valence-electron chi connectivity index (χ4n) is 1.56. The van der Waals surface area contributed by atoms with Crippen LogP contribution in [-0.4, -0.2) is 18.2 Å². The molecule has 2 aromatic rings. The van der Waals surface area contributed by atoms with Gasteiger partial charge in [-0.1, -0.05) is 12.1 Å². The average Bonchev–Trinajstić information content (AvgIpc) is 2.85. The molecule has 2 rings (SSSR count). The maximum absolute atomic E-state index is 13.5. The lowest BCUT2D eigenvalue weighted by Crippen LogP contribution is -2.03. The number of carbonyl (C=O) groups is 1. The van der Waals surface area contributed by atoms with Crippen molar-refractivity contribution in [3.8, 4) is 11.3 Å². The molecule has 0 aliphatic rings. The Bertz CT molecular complexity index is 551. The van der Waals surface area contributed by atoms with Gasteiger partial charge in [-0.2, -0.15) is 0 Å². The van der Waals surface area contributed by atoms with Crippen molar-refractivity contribution in [1.82, 2.24) is 4.98 Å². The van der Waals surface area contributed by atoms with E-state index >= 15 is 0 Å². The third-order valence-corrected chi connectivity index (χ3v) is 2.43. The Hall–Kier alpha value is -2.30. The van der Waals surface area contributed by atoms with Gasteiger partial charge in [-0.3, -0.25) is 0 Å². The molecule has 0 atom stereocenters. The van der Waals surface area contributed by atoms with Gasteiger partial charge in [-0.05, 0) is 18.2 Å². The molecule has 18 heavy (non-hydrogen) atoms. The highest BCUT2D eigenvalue weighted by Crippen LogP contribution is 2.22. The van der Waals surface area contributed by atoms with Crippen molar-refractivity contribution in [3.05, 3.63) is 47.9 Å². The Balaban J connectivity index is 2.11. The fourth-order valence-corrected chi connectivity index (χ4v) is 1.56. The number of benzene rings is 1. The molecular formula is C13H12FNO3. The molecule has 0 aliphatic carbocycles. The molecule has 5 heteroatoms. The number of nitrogens with one attached hydrogen (secondary N) is 1. The Kier molecular flexibility index (Phi) is 3.62. The summed E-state index contributed by atoms with van der Waals surface area (Å²) in [4.78, 5) is 13.7. The van der Waals surface area contributed by atoms with Crippen molar-refractivity contribution < 1.29 is 18.7 Å². The van der Waals surface area contributed by atoms with E-state index in [0.717, 1.165) is 5.56 Å². The van der Waals surface area contributed by atoms with E-state index in [1.807, 2.05) is 0 Å². The van der Waals surface area contributed by atoms with Crippen molar-refractivity contribution in [2.45, 2.75) is 6.61 Å². The highest BCUT2D eigenvalue weighted by molar-refractivity contribution is 5.62. The van der Waals surface area contributed by atoms with E-state index in [1.54, 1.807) is 30.5 Å². The normalized spacial score (nSPS) is 10.1. The van der Waals surface area contributed by atoms with Crippen molar-refractivity contribution in [3.63, 3.8) is 0 Å². The molecule has 1 N–H and O–H groups in total. The van der Waals surface area contributed by atoms with Crippen LogP contribution in [0.3, 0.4) is 0 Å². The number of hydrogen-bond donors (Lipinski definition) is 1. The molecule has 0 radical (unpaired) electrons. The molecule has 0 bridgehead atoms. The van der Waals surface area contributed by atoms with Gasteiger partial charge in [0.25, 0.3) is 0 Å².